The van der Waals surface area contributed by atoms with Crippen LogP contribution in [0.5, 0.6) is 0 Å². The van der Waals surface area contributed by atoms with Crippen LogP contribution in [-0.4, -0.2) is 39.1 Å². The minimum absolute atomic E-state index is 0.465. The summed E-state index contributed by atoms with van der Waals surface area (Å²) in [5.41, 5.74) is 5.89. The van der Waals surface area contributed by atoms with Gasteiger partial charge in [0, 0.05) is 42.3 Å². The molecule has 1 unspecified atom stereocenters. The molecule has 3 aromatic rings. The van der Waals surface area contributed by atoms with Crippen LogP contribution in [0.3, 0.4) is 0 Å². The van der Waals surface area contributed by atoms with E-state index < -0.39 is 0 Å². The van der Waals surface area contributed by atoms with Crippen LogP contribution in [0.25, 0.3) is 5.65 Å². The molecule has 0 saturated carbocycles. The van der Waals surface area contributed by atoms with Crippen molar-refractivity contribution in [2.45, 2.75) is 59.0 Å². The number of hydrogen-bond acceptors (Lipinski definition) is 4. The summed E-state index contributed by atoms with van der Waals surface area (Å²) in [6.07, 6.45) is 5.53. The number of aryl methyl sites for hydroxylation is 1. The Balaban J connectivity index is 1.49. The first-order chi connectivity index (χ1) is 15.0. The van der Waals surface area contributed by atoms with E-state index in [1.807, 2.05) is 18.3 Å². The lowest BCUT2D eigenvalue weighted by molar-refractivity contribution is 0.197. The predicted octanol–water partition coefficient (Wildman–Crippen LogP) is 5.21. The second-order valence-electron chi connectivity index (χ2n) is 9.23. The number of likely N-dealkylation sites (tertiary alicyclic amines) is 1. The normalized spacial score (nSPS) is 17.6. The fourth-order valence-electron chi connectivity index (χ4n) is 4.52. The fourth-order valence-corrected chi connectivity index (χ4v) is 4.65. The highest BCUT2D eigenvalue weighted by Crippen LogP contribution is 2.29. The number of hydrogen-bond donors (Lipinski definition) is 1. The molecule has 2 aromatic heterocycles. The Hall–Kier alpha value is -1.95. The summed E-state index contributed by atoms with van der Waals surface area (Å²) in [7, 11) is 0. The molecular weight excluding hydrogens is 406 g/mol. The third-order valence-corrected chi connectivity index (χ3v) is 6.54. The van der Waals surface area contributed by atoms with E-state index in [2.05, 4.69) is 53.7 Å². The summed E-state index contributed by atoms with van der Waals surface area (Å²) in [5.74, 6) is 1.18. The molecule has 1 saturated heterocycles. The van der Waals surface area contributed by atoms with Gasteiger partial charge in [0.1, 0.15) is 0 Å². The zero-order valence-electron chi connectivity index (χ0n) is 18.9. The van der Waals surface area contributed by atoms with Crippen LogP contribution in [0.2, 0.25) is 5.02 Å². The van der Waals surface area contributed by atoms with Gasteiger partial charge in [-0.05, 0) is 69.0 Å². The van der Waals surface area contributed by atoms with Gasteiger partial charge in [-0.2, -0.15) is 5.10 Å². The monoisotopic (exact) mass is 439 g/mol. The Labute approximate surface area is 190 Å². The van der Waals surface area contributed by atoms with Crippen molar-refractivity contribution in [3.8, 4) is 0 Å². The maximum Gasteiger partial charge on any atom is 0.159 e. The first-order valence-electron chi connectivity index (χ1n) is 11.5. The Morgan fingerprint density at radius 2 is 2.00 bits per heavy atom. The maximum absolute atomic E-state index is 6.05. The fraction of sp³-hybridized carbons (Fsp3) is 0.520. The summed E-state index contributed by atoms with van der Waals surface area (Å²) in [6, 6.07) is 10.4. The number of aromatic nitrogens is 3. The molecule has 1 aromatic carbocycles. The van der Waals surface area contributed by atoms with E-state index in [9.17, 15) is 0 Å². The number of piperidine rings is 1. The van der Waals surface area contributed by atoms with Crippen LogP contribution in [0.15, 0.2) is 36.5 Å². The van der Waals surface area contributed by atoms with Gasteiger partial charge in [-0.3, -0.25) is 4.90 Å². The number of benzene rings is 1. The van der Waals surface area contributed by atoms with Crippen molar-refractivity contribution in [2.24, 2.45) is 5.92 Å². The van der Waals surface area contributed by atoms with Crippen molar-refractivity contribution < 1.29 is 0 Å². The summed E-state index contributed by atoms with van der Waals surface area (Å²) in [6.45, 7) is 11.6. The highest BCUT2D eigenvalue weighted by molar-refractivity contribution is 6.30. The van der Waals surface area contributed by atoms with Gasteiger partial charge in [0.2, 0.25) is 0 Å². The average molecular weight is 440 g/mol. The lowest BCUT2D eigenvalue weighted by atomic mass is 9.94. The number of nitrogens with one attached hydrogen (secondary N) is 1. The van der Waals surface area contributed by atoms with Gasteiger partial charge < -0.3 is 5.32 Å². The van der Waals surface area contributed by atoms with Gasteiger partial charge in [0.05, 0.1) is 11.4 Å². The molecule has 0 aliphatic carbocycles. The third-order valence-electron chi connectivity index (χ3n) is 6.29. The standard InChI is InChI=1S/C25H34ClN5/c1-18(2)10-12-27-15-23-19(3)29-31-24(11-13-28-25(23)31)21-5-4-14-30(17-21)16-20-6-8-22(26)9-7-20/h6-9,11,13,18,21,27H,4-5,10,12,14-17H2,1-3H3. The molecule has 1 atom stereocenters. The Kier molecular flexibility index (Phi) is 7.26. The van der Waals surface area contributed by atoms with E-state index in [1.165, 1.54) is 36.1 Å². The van der Waals surface area contributed by atoms with Crippen molar-refractivity contribution >= 4 is 17.2 Å². The molecule has 1 aliphatic rings. The Morgan fingerprint density at radius 1 is 1.19 bits per heavy atom. The van der Waals surface area contributed by atoms with Crippen LogP contribution in [0, 0.1) is 12.8 Å². The highest BCUT2D eigenvalue weighted by Gasteiger charge is 2.25. The molecule has 0 spiro atoms. The predicted molar refractivity (Wildman–Crippen MR) is 128 cm³/mol. The zero-order chi connectivity index (χ0) is 21.8. The molecule has 4 rings (SSSR count). The molecule has 0 amide bonds. The summed E-state index contributed by atoms with van der Waals surface area (Å²) in [5, 5.41) is 9.27. The van der Waals surface area contributed by atoms with Crippen molar-refractivity contribution in [3.05, 3.63) is 64.1 Å². The summed E-state index contributed by atoms with van der Waals surface area (Å²) < 4.78 is 2.10. The van der Waals surface area contributed by atoms with Crippen molar-refractivity contribution in [1.82, 2.24) is 24.8 Å². The molecule has 6 heteroatoms. The molecular formula is C25H34ClN5. The van der Waals surface area contributed by atoms with Crippen LogP contribution >= 0.6 is 11.6 Å². The summed E-state index contributed by atoms with van der Waals surface area (Å²) >= 11 is 6.05. The lowest BCUT2D eigenvalue weighted by Gasteiger charge is -2.33. The second kappa shape index (κ2) is 10.1. The topological polar surface area (TPSA) is 45.5 Å². The Bertz CT molecular complexity index is 995. The largest absolute Gasteiger partial charge is 0.312 e. The molecule has 166 valence electrons. The number of halogens is 1. The SMILES string of the molecule is Cc1nn2c(C3CCCN(Cc4ccc(Cl)cc4)C3)ccnc2c1CNCCC(C)C. The minimum Gasteiger partial charge on any atom is -0.312 e. The van der Waals surface area contributed by atoms with E-state index >= 15 is 0 Å². The average Bonchev–Trinajstić information content (AvgIpc) is 3.08. The number of fused-ring (bicyclic) bond motifs is 1. The van der Waals surface area contributed by atoms with Crippen LogP contribution < -0.4 is 5.32 Å². The van der Waals surface area contributed by atoms with Crippen LogP contribution in [-0.2, 0) is 13.1 Å². The van der Waals surface area contributed by atoms with E-state index in [4.69, 9.17) is 21.7 Å². The van der Waals surface area contributed by atoms with Gasteiger partial charge in [0.25, 0.3) is 0 Å². The van der Waals surface area contributed by atoms with Gasteiger partial charge >= 0.3 is 0 Å². The van der Waals surface area contributed by atoms with Gasteiger partial charge in [0.15, 0.2) is 5.65 Å². The van der Waals surface area contributed by atoms with Gasteiger partial charge in [-0.15, -0.1) is 0 Å². The molecule has 0 radical (unpaired) electrons. The van der Waals surface area contributed by atoms with Gasteiger partial charge in [-0.1, -0.05) is 37.6 Å². The molecule has 31 heavy (non-hydrogen) atoms. The van der Waals surface area contributed by atoms with Crippen molar-refractivity contribution in [1.29, 1.82) is 0 Å². The number of nitrogens with zero attached hydrogens (tertiary/aromatic N) is 4. The smallest absolute Gasteiger partial charge is 0.159 e. The van der Waals surface area contributed by atoms with Crippen molar-refractivity contribution in [3.63, 3.8) is 0 Å². The molecule has 1 fully saturated rings. The molecule has 0 bridgehead atoms. The lowest BCUT2D eigenvalue weighted by Crippen LogP contribution is -2.34. The first-order valence-corrected chi connectivity index (χ1v) is 11.9. The quantitative estimate of drug-likeness (QED) is 0.489. The van der Waals surface area contributed by atoms with E-state index in [1.54, 1.807) is 0 Å². The second-order valence-corrected chi connectivity index (χ2v) is 9.67. The molecule has 3 heterocycles. The number of rotatable bonds is 8. The van der Waals surface area contributed by atoms with Crippen LogP contribution in [0.1, 0.15) is 61.5 Å². The molecule has 1 aliphatic heterocycles. The highest BCUT2D eigenvalue weighted by atomic mass is 35.5. The molecule has 1 N–H and O–H groups in total. The first kappa shape index (κ1) is 22.3. The van der Waals surface area contributed by atoms with E-state index in [0.717, 1.165) is 49.1 Å². The minimum atomic E-state index is 0.465. The third kappa shape index (κ3) is 5.46. The van der Waals surface area contributed by atoms with E-state index in [0.29, 0.717) is 11.8 Å². The zero-order valence-corrected chi connectivity index (χ0v) is 19.7. The molecule has 5 nitrogen and oxygen atoms in total. The van der Waals surface area contributed by atoms with Gasteiger partial charge in [-0.25, -0.2) is 9.50 Å². The van der Waals surface area contributed by atoms with Crippen LogP contribution in [0.4, 0.5) is 0 Å². The van der Waals surface area contributed by atoms with E-state index in [-0.39, 0.29) is 0 Å². The Morgan fingerprint density at radius 3 is 2.77 bits per heavy atom. The maximum atomic E-state index is 6.05. The summed E-state index contributed by atoms with van der Waals surface area (Å²) in [4.78, 5) is 7.25. The van der Waals surface area contributed by atoms with Crippen molar-refractivity contribution in [2.75, 3.05) is 19.6 Å².